The van der Waals surface area contributed by atoms with Crippen molar-refractivity contribution in [3.8, 4) is 17.9 Å². The first-order valence-corrected chi connectivity index (χ1v) is 6.74. The second-order valence-electron chi connectivity index (χ2n) is 3.50. The largest absolute Gasteiger partial charge is 0.320 e. The predicted octanol–water partition coefficient (Wildman–Crippen LogP) is 0.651. The van der Waals surface area contributed by atoms with Gasteiger partial charge >= 0.3 is 0 Å². The van der Waals surface area contributed by atoms with Crippen molar-refractivity contribution in [3.05, 3.63) is 29.8 Å². The number of hydrogen-bond acceptors (Lipinski definition) is 4. The number of rotatable bonds is 3. The Bertz CT molecular complexity index is 603. The normalized spacial score (nSPS) is 11.8. The summed E-state index contributed by atoms with van der Waals surface area (Å²) in [6, 6.07) is 8.21. The van der Waals surface area contributed by atoms with Gasteiger partial charge < -0.3 is 5.73 Å². The van der Waals surface area contributed by atoms with Crippen LogP contribution in [0.5, 0.6) is 0 Å². The van der Waals surface area contributed by atoms with Crippen molar-refractivity contribution in [2.75, 3.05) is 11.3 Å². The van der Waals surface area contributed by atoms with Crippen LogP contribution >= 0.6 is 0 Å². The van der Waals surface area contributed by atoms with Crippen LogP contribution in [0.15, 0.2) is 24.3 Å². The van der Waals surface area contributed by atoms with Gasteiger partial charge in [0.15, 0.2) is 5.25 Å². The van der Waals surface area contributed by atoms with E-state index in [0.29, 0.717) is 5.69 Å². The summed E-state index contributed by atoms with van der Waals surface area (Å²) in [7, 11) is -3.66. The van der Waals surface area contributed by atoms with Crippen LogP contribution in [0.1, 0.15) is 12.5 Å². The van der Waals surface area contributed by atoms with E-state index in [4.69, 9.17) is 11.0 Å². The average Bonchev–Trinajstić information content (AvgIpc) is 2.36. The molecule has 0 aliphatic heterocycles. The Kier molecular flexibility index (Phi) is 4.73. The highest BCUT2D eigenvalue weighted by Gasteiger charge is 2.19. The molecule has 1 unspecified atom stereocenters. The zero-order valence-corrected chi connectivity index (χ0v) is 10.7. The molecule has 0 saturated heterocycles. The van der Waals surface area contributed by atoms with Gasteiger partial charge in [0.25, 0.3) is 0 Å². The minimum Gasteiger partial charge on any atom is -0.320 e. The zero-order valence-electron chi connectivity index (χ0n) is 9.84. The van der Waals surface area contributed by atoms with Gasteiger partial charge in [0, 0.05) is 11.3 Å². The van der Waals surface area contributed by atoms with Crippen molar-refractivity contribution < 1.29 is 8.42 Å². The summed E-state index contributed by atoms with van der Waals surface area (Å²) >= 11 is 0. The fourth-order valence-electron chi connectivity index (χ4n) is 1.10. The van der Waals surface area contributed by atoms with Crippen LogP contribution in [0.4, 0.5) is 5.69 Å². The topological polar surface area (TPSA) is 96.0 Å². The van der Waals surface area contributed by atoms with Gasteiger partial charge in [0.2, 0.25) is 10.0 Å². The van der Waals surface area contributed by atoms with E-state index in [-0.39, 0.29) is 6.54 Å². The lowest BCUT2D eigenvalue weighted by molar-refractivity contribution is 0.597. The Morgan fingerprint density at radius 2 is 2.00 bits per heavy atom. The molecule has 18 heavy (non-hydrogen) atoms. The molecule has 1 atom stereocenters. The molecular formula is C12H13N3O2S. The molecule has 0 fully saturated rings. The van der Waals surface area contributed by atoms with Crippen LogP contribution in [-0.4, -0.2) is 20.2 Å². The number of nitrogens with two attached hydrogens (primary N) is 1. The van der Waals surface area contributed by atoms with E-state index < -0.39 is 15.3 Å². The molecule has 6 heteroatoms. The number of hydrogen-bond donors (Lipinski definition) is 2. The van der Waals surface area contributed by atoms with Gasteiger partial charge in [-0.2, -0.15) is 5.26 Å². The van der Waals surface area contributed by atoms with E-state index >= 15 is 0 Å². The van der Waals surface area contributed by atoms with Gasteiger partial charge in [-0.1, -0.05) is 11.8 Å². The van der Waals surface area contributed by atoms with E-state index in [1.807, 2.05) is 0 Å². The maximum atomic E-state index is 11.6. The molecular weight excluding hydrogens is 250 g/mol. The highest BCUT2D eigenvalue weighted by molar-refractivity contribution is 7.93. The van der Waals surface area contributed by atoms with Crippen LogP contribution in [0.2, 0.25) is 0 Å². The smallest absolute Gasteiger partial charge is 0.248 e. The third kappa shape index (κ3) is 3.77. The maximum absolute atomic E-state index is 11.6. The zero-order chi connectivity index (χ0) is 13.6. The average molecular weight is 263 g/mol. The van der Waals surface area contributed by atoms with Gasteiger partial charge in [-0.25, -0.2) is 8.42 Å². The second-order valence-corrected chi connectivity index (χ2v) is 5.50. The second kappa shape index (κ2) is 6.06. The molecule has 0 aromatic heterocycles. The summed E-state index contributed by atoms with van der Waals surface area (Å²) in [5, 5.41) is 7.49. The number of nitriles is 1. The monoisotopic (exact) mass is 263 g/mol. The number of anilines is 1. The Morgan fingerprint density at radius 1 is 1.39 bits per heavy atom. The Hall–Kier alpha value is -2.02. The van der Waals surface area contributed by atoms with E-state index in [1.165, 1.54) is 6.92 Å². The molecule has 5 nitrogen and oxygen atoms in total. The van der Waals surface area contributed by atoms with Crippen molar-refractivity contribution in [1.82, 2.24) is 0 Å². The lowest BCUT2D eigenvalue weighted by Crippen LogP contribution is -2.23. The fourth-order valence-corrected chi connectivity index (χ4v) is 1.88. The maximum Gasteiger partial charge on any atom is 0.248 e. The van der Waals surface area contributed by atoms with Crippen LogP contribution in [0, 0.1) is 23.2 Å². The van der Waals surface area contributed by atoms with Crippen LogP contribution < -0.4 is 10.5 Å². The molecule has 0 amide bonds. The minimum absolute atomic E-state index is 0.272. The van der Waals surface area contributed by atoms with Crippen molar-refractivity contribution >= 4 is 15.7 Å². The molecule has 1 aromatic carbocycles. The van der Waals surface area contributed by atoms with Gasteiger partial charge in [-0.15, -0.1) is 0 Å². The van der Waals surface area contributed by atoms with Crippen molar-refractivity contribution in [2.24, 2.45) is 5.73 Å². The third-order valence-corrected chi connectivity index (χ3v) is 3.68. The van der Waals surface area contributed by atoms with E-state index in [2.05, 4.69) is 16.6 Å². The number of sulfonamides is 1. The van der Waals surface area contributed by atoms with Crippen LogP contribution in [-0.2, 0) is 10.0 Å². The molecule has 1 rings (SSSR count). The molecule has 0 spiro atoms. The van der Waals surface area contributed by atoms with Crippen LogP contribution in [0.25, 0.3) is 0 Å². The summed E-state index contributed by atoms with van der Waals surface area (Å²) in [4.78, 5) is 0. The molecule has 0 saturated carbocycles. The van der Waals surface area contributed by atoms with Crippen molar-refractivity contribution in [3.63, 3.8) is 0 Å². The molecule has 3 N–H and O–H groups in total. The first-order valence-electron chi connectivity index (χ1n) is 5.20. The number of benzene rings is 1. The third-order valence-electron chi connectivity index (χ3n) is 2.13. The summed E-state index contributed by atoms with van der Waals surface area (Å²) in [5.41, 5.74) is 6.39. The summed E-state index contributed by atoms with van der Waals surface area (Å²) in [6.45, 7) is 1.59. The van der Waals surface area contributed by atoms with E-state index in [1.54, 1.807) is 30.3 Å². The molecule has 0 aliphatic rings. The molecule has 94 valence electrons. The quantitative estimate of drug-likeness (QED) is 0.783. The van der Waals surface area contributed by atoms with Crippen molar-refractivity contribution in [1.29, 1.82) is 5.26 Å². The lowest BCUT2D eigenvalue weighted by Gasteiger charge is -2.08. The summed E-state index contributed by atoms with van der Waals surface area (Å²) < 4.78 is 25.5. The number of nitrogens with zero attached hydrogens (tertiary/aromatic N) is 1. The highest BCUT2D eigenvalue weighted by Crippen LogP contribution is 2.12. The number of nitrogens with one attached hydrogen (secondary N) is 1. The Balaban J connectivity index is 2.85. The molecule has 1 aromatic rings. The predicted molar refractivity (Wildman–Crippen MR) is 70.0 cm³/mol. The van der Waals surface area contributed by atoms with Crippen molar-refractivity contribution in [2.45, 2.75) is 12.2 Å². The van der Waals surface area contributed by atoms with E-state index in [0.717, 1.165) is 5.56 Å². The summed E-state index contributed by atoms with van der Waals surface area (Å²) in [6.07, 6.45) is 0. The molecule has 0 heterocycles. The standard InChI is InChI=1S/C12H13N3O2S/c1-10(9-14)18(16,17)15-12-6-4-11(5-7-12)3-2-8-13/h4-7,10,15H,8,13H2,1H3. The van der Waals surface area contributed by atoms with Gasteiger partial charge in [0.1, 0.15) is 0 Å². The minimum atomic E-state index is -3.66. The SMILES string of the molecule is CC(C#N)S(=O)(=O)Nc1ccc(C#CCN)cc1. The molecule has 0 radical (unpaired) electrons. The Labute approximate surface area is 107 Å². The van der Waals surface area contributed by atoms with Gasteiger partial charge in [0.05, 0.1) is 12.6 Å². The first kappa shape index (κ1) is 14.0. The lowest BCUT2D eigenvalue weighted by atomic mass is 10.2. The molecule has 0 bridgehead atoms. The van der Waals surface area contributed by atoms with E-state index in [9.17, 15) is 8.42 Å². The summed E-state index contributed by atoms with van der Waals surface area (Å²) in [5.74, 6) is 5.52. The Morgan fingerprint density at radius 3 is 2.50 bits per heavy atom. The van der Waals surface area contributed by atoms with Crippen LogP contribution in [0.3, 0.4) is 0 Å². The van der Waals surface area contributed by atoms with Gasteiger partial charge in [-0.3, -0.25) is 4.72 Å². The highest BCUT2D eigenvalue weighted by atomic mass is 32.2. The fraction of sp³-hybridized carbons (Fsp3) is 0.250. The first-order chi connectivity index (χ1) is 8.49. The molecule has 0 aliphatic carbocycles. The van der Waals surface area contributed by atoms with Gasteiger partial charge in [-0.05, 0) is 31.2 Å².